The predicted octanol–water partition coefficient (Wildman–Crippen LogP) is 8.24. The van der Waals surface area contributed by atoms with Crippen molar-refractivity contribution >= 4 is 5.57 Å². The van der Waals surface area contributed by atoms with Crippen molar-refractivity contribution < 1.29 is 0 Å². The Morgan fingerprint density at radius 2 is 1.79 bits per heavy atom. The molecule has 0 heteroatoms. The molecule has 0 radical (unpaired) electrons. The lowest BCUT2D eigenvalue weighted by atomic mass is 9.88. The third-order valence-corrected chi connectivity index (χ3v) is 5.09. The van der Waals surface area contributed by atoms with E-state index in [1.54, 1.807) is 0 Å². The van der Waals surface area contributed by atoms with Gasteiger partial charge in [-0.2, -0.15) is 0 Å². The first kappa shape index (κ1) is 21.4. The van der Waals surface area contributed by atoms with E-state index in [0.29, 0.717) is 0 Å². The van der Waals surface area contributed by atoms with Crippen LogP contribution in [0.2, 0.25) is 0 Å². The van der Waals surface area contributed by atoms with Crippen LogP contribution >= 0.6 is 0 Å². The Balaban J connectivity index is 2.38. The van der Waals surface area contributed by atoms with Gasteiger partial charge in [0.2, 0.25) is 0 Å². The zero-order chi connectivity index (χ0) is 20.7. The lowest BCUT2D eigenvalue weighted by Gasteiger charge is -2.17. The maximum atomic E-state index is 4.18. The Hall–Kier alpha value is -2.86. The molecule has 0 bridgehead atoms. The SMILES string of the molecule is C=CC(/C(=C/C=C1/C=CC(c2ccccc2C)=C(C)C1)C(=C)C)=C(C)\C=C/C. The predicted molar refractivity (Wildman–Crippen MR) is 126 cm³/mol. The van der Waals surface area contributed by atoms with E-state index in [0.717, 1.165) is 23.1 Å². The maximum Gasteiger partial charge on any atom is -0.00606 e. The van der Waals surface area contributed by atoms with Gasteiger partial charge >= 0.3 is 0 Å². The van der Waals surface area contributed by atoms with Gasteiger partial charge < -0.3 is 0 Å². The van der Waals surface area contributed by atoms with Crippen LogP contribution in [0.3, 0.4) is 0 Å². The molecule has 0 fully saturated rings. The molecule has 144 valence electrons. The van der Waals surface area contributed by atoms with Gasteiger partial charge in [-0.05, 0) is 80.0 Å². The van der Waals surface area contributed by atoms with Crippen molar-refractivity contribution in [3.63, 3.8) is 0 Å². The molecule has 0 nitrogen and oxygen atoms in total. The molecule has 28 heavy (non-hydrogen) atoms. The second-order valence-electron chi connectivity index (χ2n) is 7.42. The fraction of sp³-hybridized carbons (Fsp3) is 0.214. The van der Waals surface area contributed by atoms with Crippen molar-refractivity contribution in [2.45, 2.75) is 41.0 Å². The third kappa shape index (κ3) is 5.10. The van der Waals surface area contributed by atoms with Crippen molar-refractivity contribution in [3.8, 4) is 0 Å². The summed E-state index contributed by atoms with van der Waals surface area (Å²) < 4.78 is 0. The summed E-state index contributed by atoms with van der Waals surface area (Å²) in [6.07, 6.45) is 15.9. The van der Waals surface area contributed by atoms with Gasteiger partial charge in [-0.15, -0.1) is 0 Å². The summed E-state index contributed by atoms with van der Waals surface area (Å²) in [4.78, 5) is 0. The van der Waals surface area contributed by atoms with Crippen LogP contribution in [0.1, 0.15) is 45.2 Å². The van der Waals surface area contributed by atoms with Crippen LogP contribution < -0.4 is 0 Å². The minimum Gasteiger partial charge on any atom is -0.0984 e. The van der Waals surface area contributed by atoms with Crippen LogP contribution in [0.4, 0.5) is 0 Å². The molecule has 0 saturated heterocycles. The standard InChI is InChI=1S/C28H32/c1-8-12-21(5)25(9-2)26(20(3)4)17-15-24-16-18-28(23(7)19-24)27-14-11-10-13-22(27)6/h8-18H,2-3,19H2,1,4-7H3/b12-8-,24-15-,25-21+,26-17+. The summed E-state index contributed by atoms with van der Waals surface area (Å²) in [6, 6.07) is 8.58. The van der Waals surface area contributed by atoms with Gasteiger partial charge in [0.15, 0.2) is 0 Å². The van der Waals surface area contributed by atoms with E-state index < -0.39 is 0 Å². The first-order valence-corrected chi connectivity index (χ1v) is 9.86. The Morgan fingerprint density at radius 1 is 1.07 bits per heavy atom. The highest BCUT2D eigenvalue weighted by Crippen LogP contribution is 2.32. The first-order chi connectivity index (χ1) is 13.4. The Bertz CT molecular complexity index is 950. The molecule has 0 aromatic heterocycles. The summed E-state index contributed by atoms with van der Waals surface area (Å²) >= 11 is 0. The topological polar surface area (TPSA) is 0 Å². The summed E-state index contributed by atoms with van der Waals surface area (Å²) in [6.45, 7) is 18.8. The number of allylic oxidation sites excluding steroid dienone is 14. The molecule has 0 N–H and O–H groups in total. The van der Waals surface area contributed by atoms with Crippen LogP contribution in [-0.2, 0) is 0 Å². The lowest BCUT2D eigenvalue weighted by molar-refractivity contribution is 1.14. The molecule has 0 unspecified atom stereocenters. The average Bonchev–Trinajstić information content (AvgIpc) is 2.66. The van der Waals surface area contributed by atoms with Crippen molar-refractivity contribution in [1.82, 2.24) is 0 Å². The minimum atomic E-state index is 0.959. The monoisotopic (exact) mass is 368 g/mol. The quantitative estimate of drug-likeness (QED) is 0.443. The van der Waals surface area contributed by atoms with Crippen molar-refractivity contribution in [2.75, 3.05) is 0 Å². The van der Waals surface area contributed by atoms with Gasteiger partial charge in [-0.3, -0.25) is 0 Å². The van der Waals surface area contributed by atoms with Crippen LogP contribution in [0, 0.1) is 6.92 Å². The summed E-state index contributed by atoms with van der Waals surface area (Å²) in [5, 5.41) is 0. The first-order valence-electron chi connectivity index (χ1n) is 9.86. The Labute approximate surface area is 171 Å². The smallest absolute Gasteiger partial charge is 0.00606 e. The van der Waals surface area contributed by atoms with Crippen LogP contribution in [0.5, 0.6) is 0 Å². The number of benzene rings is 1. The normalized spacial score (nSPS) is 17.3. The number of hydrogen-bond donors (Lipinski definition) is 0. The fourth-order valence-electron chi connectivity index (χ4n) is 3.58. The number of hydrogen-bond acceptors (Lipinski definition) is 0. The van der Waals surface area contributed by atoms with E-state index in [1.165, 1.54) is 33.4 Å². The van der Waals surface area contributed by atoms with Gasteiger partial charge in [-0.1, -0.05) is 91.1 Å². The van der Waals surface area contributed by atoms with Crippen LogP contribution in [-0.4, -0.2) is 0 Å². The molecule has 1 aromatic rings. The molecular formula is C28H32. The second kappa shape index (κ2) is 9.90. The molecule has 1 aromatic carbocycles. The molecule has 0 atom stereocenters. The zero-order valence-corrected chi connectivity index (χ0v) is 18.0. The highest BCUT2D eigenvalue weighted by Gasteiger charge is 2.11. The van der Waals surface area contributed by atoms with Gasteiger partial charge in [0.05, 0.1) is 0 Å². The molecular weight excluding hydrogens is 336 g/mol. The largest absolute Gasteiger partial charge is 0.0984 e. The molecule has 0 aliphatic heterocycles. The molecule has 0 spiro atoms. The van der Waals surface area contributed by atoms with Gasteiger partial charge in [0, 0.05) is 0 Å². The van der Waals surface area contributed by atoms with E-state index in [2.05, 4.69) is 102 Å². The Morgan fingerprint density at radius 3 is 2.36 bits per heavy atom. The molecule has 0 saturated carbocycles. The highest BCUT2D eigenvalue weighted by molar-refractivity contribution is 5.80. The van der Waals surface area contributed by atoms with Crippen molar-refractivity contribution in [1.29, 1.82) is 0 Å². The number of aryl methyl sites for hydroxylation is 1. The van der Waals surface area contributed by atoms with Gasteiger partial charge in [-0.25, -0.2) is 0 Å². The van der Waals surface area contributed by atoms with Crippen LogP contribution in [0.25, 0.3) is 5.57 Å². The summed E-state index contributed by atoms with van der Waals surface area (Å²) in [5.74, 6) is 0. The Kier molecular flexibility index (Phi) is 7.58. The summed E-state index contributed by atoms with van der Waals surface area (Å²) in [5.41, 5.74) is 11.2. The maximum absolute atomic E-state index is 4.18. The third-order valence-electron chi connectivity index (χ3n) is 5.09. The molecule has 2 rings (SSSR count). The molecule has 0 amide bonds. The number of rotatable bonds is 6. The minimum absolute atomic E-state index is 0.959. The van der Waals surface area contributed by atoms with Crippen molar-refractivity contribution in [3.05, 3.63) is 125 Å². The van der Waals surface area contributed by atoms with E-state index in [9.17, 15) is 0 Å². The second-order valence-corrected chi connectivity index (χ2v) is 7.42. The van der Waals surface area contributed by atoms with Crippen molar-refractivity contribution in [2.24, 2.45) is 0 Å². The lowest BCUT2D eigenvalue weighted by Crippen LogP contribution is -1.97. The highest BCUT2D eigenvalue weighted by atomic mass is 14.2. The van der Waals surface area contributed by atoms with E-state index >= 15 is 0 Å². The van der Waals surface area contributed by atoms with Gasteiger partial charge in [0.1, 0.15) is 0 Å². The van der Waals surface area contributed by atoms with E-state index in [-0.39, 0.29) is 0 Å². The average molecular weight is 369 g/mol. The van der Waals surface area contributed by atoms with E-state index in [4.69, 9.17) is 0 Å². The van der Waals surface area contributed by atoms with Gasteiger partial charge in [0.25, 0.3) is 0 Å². The molecule has 1 aliphatic rings. The zero-order valence-electron chi connectivity index (χ0n) is 18.0. The summed E-state index contributed by atoms with van der Waals surface area (Å²) in [7, 11) is 0. The fourth-order valence-corrected chi connectivity index (χ4v) is 3.58. The van der Waals surface area contributed by atoms with E-state index in [1.807, 2.05) is 13.0 Å². The van der Waals surface area contributed by atoms with Crippen LogP contribution in [0.15, 0.2) is 113 Å². The molecule has 1 aliphatic carbocycles. The molecule has 0 heterocycles.